The number of aryl methyl sites for hydroxylation is 1. The third-order valence-electron chi connectivity index (χ3n) is 2.03. The molecule has 0 spiro atoms. The molecule has 1 aliphatic heterocycles. The number of anilines is 2. The standard InChI is InChI=1S/C7H12N4S/c1-12-11-4-2-3-10-7(11)6(8)5-9-10/h5H,2-4,8H2,1H3. The number of fused-ring (bicyclic) bond motifs is 1. The van der Waals surface area contributed by atoms with E-state index in [2.05, 4.69) is 15.7 Å². The second-order valence-electron chi connectivity index (χ2n) is 2.78. The molecule has 66 valence electrons. The van der Waals surface area contributed by atoms with E-state index in [9.17, 15) is 0 Å². The molecule has 5 heteroatoms. The highest BCUT2D eigenvalue weighted by Crippen LogP contribution is 2.30. The van der Waals surface area contributed by atoms with Gasteiger partial charge in [-0.2, -0.15) is 5.10 Å². The lowest BCUT2D eigenvalue weighted by molar-refractivity contribution is 0.553. The van der Waals surface area contributed by atoms with Crippen LogP contribution in [0.1, 0.15) is 6.42 Å². The fraction of sp³-hybridized carbons (Fsp3) is 0.571. The average molecular weight is 184 g/mol. The maximum atomic E-state index is 5.79. The highest BCUT2D eigenvalue weighted by Gasteiger charge is 2.19. The molecule has 2 N–H and O–H groups in total. The van der Waals surface area contributed by atoms with Crippen LogP contribution in [0.3, 0.4) is 0 Å². The molecule has 1 aromatic rings. The van der Waals surface area contributed by atoms with Crippen molar-refractivity contribution in [2.24, 2.45) is 0 Å². The zero-order valence-electron chi connectivity index (χ0n) is 7.03. The van der Waals surface area contributed by atoms with Gasteiger partial charge in [-0.05, 0) is 6.42 Å². The van der Waals surface area contributed by atoms with E-state index in [1.165, 1.54) is 0 Å². The number of hydrogen-bond donors (Lipinski definition) is 1. The molecular weight excluding hydrogens is 172 g/mol. The Labute approximate surface area is 75.9 Å². The molecule has 2 heterocycles. The zero-order chi connectivity index (χ0) is 8.55. The average Bonchev–Trinajstić information content (AvgIpc) is 2.48. The normalized spacial score (nSPS) is 16.2. The summed E-state index contributed by atoms with van der Waals surface area (Å²) in [5, 5.41) is 4.19. The highest BCUT2D eigenvalue weighted by molar-refractivity contribution is 7.99. The molecule has 1 aliphatic rings. The predicted molar refractivity (Wildman–Crippen MR) is 52.1 cm³/mol. The van der Waals surface area contributed by atoms with Crippen LogP contribution in [-0.2, 0) is 6.54 Å². The Morgan fingerprint density at radius 2 is 2.42 bits per heavy atom. The summed E-state index contributed by atoms with van der Waals surface area (Å²) in [5.41, 5.74) is 6.57. The molecule has 0 bridgehead atoms. The van der Waals surface area contributed by atoms with E-state index >= 15 is 0 Å². The first kappa shape index (κ1) is 7.79. The first-order chi connectivity index (χ1) is 5.83. The molecule has 0 aromatic carbocycles. The molecule has 0 fully saturated rings. The quantitative estimate of drug-likeness (QED) is 0.660. The van der Waals surface area contributed by atoms with E-state index in [-0.39, 0.29) is 0 Å². The van der Waals surface area contributed by atoms with Gasteiger partial charge in [-0.25, -0.2) is 4.68 Å². The van der Waals surface area contributed by atoms with Gasteiger partial charge in [-0.1, -0.05) is 11.9 Å². The molecular formula is C7H12N4S. The highest BCUT2D eigenvalue weighted by atomic mass is 32.2. The minimum atomic E-state index is 0.782. The molecule has 4 nitrogen and oxygen atoms in total. The van der Waals surface area contributed by atoms with Crippen molar-refractivity contribution >= 4 is 23.5 Å². The van der Waals surface area contributed by atoms with Crippen LogP contribution >= 0.6 is 11.9 Å². The lowest BCUT2D eigenvalue weighted by atomic mass is 10.3. The minimum absolute atomic E-state index is 0.782. The number of aromatic nitrogens is 2. The van der Waals surface area contributed by atoms with Crippen molar-refractivity contribution in [3.8, 4) is 0 Å². The maximum Gasteiger partial charge on any atom is 0.160 e. The molecule has 0 atom stereocenters. The Kier molecular flexibility index (Phi) is 1.88. The van der Waals surface area contributed by atoms with Gasteiger partial charge in [0.25, 0.3) is 0 Å². The van der Waals surface area contributed by atoms with Gasteiger partial charge < -0.3 is 5.73 Å². The minimum Gasteiger partial charge on any atom is -0.394 e. The van der Waals surface area contributed by atoms with E-state index in [0.29, 0.717) is 0 Å². The monoisotopic (exact) mass is 184 g/mol. The molecule has 0 aliphatic carbocycles. The summed E-state index contributed by atoms with van der Waals surface area (Å²) in [7, 11) is 0. The van der Waals surface area contributed by atoms with Crippen LogP contribution < -0.4 is 10.0 Å². The van der Waals surface area contributed by atoms with Crippen molar-refractivity contribution in [3.05, 3.63) is 6.20 Å². The van der Waals surface area contributed by atoms with Gasteiger partial charge in [0.05, 0.1) is 11.9 Å². The van der Waals surface area contributed by atoms with Crippen LogP contribution in [0.4, 0.5) is 11.5 Å². The first-order valence-electron chi connectivity index (χ1n) is 3.96. The van der Waals surface area contributed by atoms with Gasteiger partial charge in [0.15, 0.2) is 5.82 Å². The molecule has 2 rings (SSSR count). The molecule has 1 aromatic heterocycles. The van der Waals surface area contributed by atoms with Gasteiger partial charge in [-0.15, -0.1) is 0 Å². The Hall–Kier alpha value is -0.840. The van der Waals surface area contributed by atoms with Crippen LogP contribution in [0, 0.1) is 0 Å². The van der Waals surface area contributed by atoms with Crippen molar-refractivity contribution in [2.45, 2.75) is 13.0 Å². The summed E-state index contributed by atoms with van der Waals surface area (Å²) >= 11 is 1.70. The second kappa shape index (κ2) is 2.90. The van der Waals surface area contributed by atoms with Gasteiger partial charge >= 0.3 is 0 Å². The fourth-order valence-electron chi connectivity index (χ4n) is 1.48. The molecule has 0 saturated heterocycles. The summed E-state index contributed by atoms with van der Waals surface area (Å²) in [4.78, 5) is 0. The molecule has 12 heavy (non-hydrogen) atoms. The van der Waals surface area contributed by atoms with E-state index in [1.807, 2.05) is 4.68 Å². The summed E-state index contributed by atoms with van der Waals surface area (Å²) in [6.07, 6.45) is 4.93. The van der Waals surface area contributed by atoms with E-state index in [4.69, 9.17) is 5.73 Å². The van der Waals surface area contributed by atoms with Gasteiger partial charge in [-0.3, -0.25) is 4.31 Å². The Bertz CT molecular complexity index is 283. The van der Waals surface area contributed by atoms with Crippen molar-refractivity contribution in [2.75, 3.05) is 22.8 Å². The summed E-state index contributed by atoms with van der Waals surface area (Å²) in [6, 6.07) is 0. The van der Waals surface area contributed by atoms with Crippen LogP contribution in [0.25, 0.3) is 0 Å². The Morgan fingerprint density at radius 1 is 1.58 bits per heavy atom. The number of rotatable bonds is 1. The molecule has 0 radical (unpaired) electrons. The number of nitrogens with two attached hydrogens (primary N) is 1. The molecule has 0 amide bonds. The van der Waals surface area contributed by atoms with Gasteiger partial charge in [0.1, 0.15) is 0 Å². The second-order valence-corrected chi connectivity index (χ2v) is 3.59. The smallest absolute Gasteiger partial charge is 0.160 e. The third-order valence-corrected chi connectivity index (χ3v) is 2.82. The number of hydrogen-bond acceptors (Lipinski definition) is 4. The van der Waals surface area contributed by atoms with Crippen LogP contribution in [-0.4, -0.2) is 22.6 Å². The summed E-state index contributed by atoms with van der Waals surface area (Å²) in [5.74, 6) is 1.06. The predicted octanol–water partition coefficient (Wildman–Crippen LogP) is 0.953. The van der Waals surface area contributed by atoms with Crippen molar-refractivity contribution < 1.29 is 0 Å². The summed E-state index contributed by atoms with van der Waals surface area (Å²) < 4.78 is 4.15. The molecule has 0 unspecified atom stereocenters. The zero-order valence-corrected chi connectivity index (χ0v) is 7.84. The van der Waals surface area contributed by atoms with E-state index in [0.717, 1.165) is 31.0 Å². The third kappa shape index (κ3) is 1.04. The lowest BCUT2D eigenvalue weighted by Gasteiger charge is -2.27. The van der Waals surface area contributed by atoms with Crippen LogP contribution in [0.15, 0.2) is 6.20 Å². The van der Waals surface area contributed by atoms with Crippen molar-refractivity contribution in [1.29, 1.82) is 0 Å². The Morgan fingerprint density at radius 3 is 3.17 bits per heavy atom. The number of nitrogen functional groups attached to an aromatic ring is 1. The number of nitrogens with zero attached hydrogens (tertiary/aromatic N) is 3. The van der Waals surface area contributed by atoms with Gasteiger partial charge in [0.2, 0.25) is 0 Å². The Balaban J connectivity index is 2.41. The van der Waals surface area contributed by atoms with Crippen LogP contribution in [0.5, 0.6) is 0 Å². The van der Waals surface area contributed by atoms with Crippen LogP contribution in [0.2, 0.25) is 0 Å². The van der Waals surface area contributed by atoms with Gasteiger partial charge in [0, 0.05) is 19.3 Å². The topological polar surface area (TPSA) is 47.1 Å². The summed E-state index contributed by atoms with van der Waals surface area (Å²) in [6.45, 7) is 2.06. The maximum absolute atomic E-state index is 5.79. The first-order valence-corrected chi connectivity index (χ1v) is 5.14. The SMILES string of the molecule is CSN1CCCn2ncc(N)c21. The van der Waals surface area contributed by atoms with E-state index in [1.54, 1.807) is 18.1 Å². The largest absolute Gasteiger partial charge is 0.394 e. The van der Waals surface area contributed by atoms with E-state index < -0.39 is 0 Å². The lowest BCUT2D eigenvalue weighted by Crippen LogP contribution is -2.26. The molecule has 0 saturated carbocycles. The fourth-order valence-corrected chi connectivity index (χ4v) is 2.16. The van der Waals surface area contributed by atoms with Crippen molar-refractivity contribution in [1.82, 2.24) is 9.78 Å². The van der Waals surface area contributed by atoms with Crippen molar-refractivity contribution in [3.63, 3.8) is 0 Å².